The summed E-state index contributed by atoms with van der Waals surface area (Å²) in [5.41, 5.74) is 0. The average molecular weight is 188 g/mol. The van der Waals surface area contributed by atoms with E-state index in [4.69, 9.17) is 9.47 Å². The lowest BCUT2D eigenvalue weighted by atomic mass is 10.2. The third-order valence-corrected chi connectivity index (χ3v) is 2.36. The van der Waals surface area contributed by atoms with Gasteiger partial charge in [0.1, 0.15) is 0 Å². The summed E-state index contributed by atoms with van der Waals surface area (Å²) in [6.45, 7) is 5.52. The number of hydrogen-bond donors (Lipinski definition) is 1. The van der Waals surface area contributed by atoms with Crippen LogP contribution in [0.3, 0.4) is 0 Å². The molecule has 0 aromatic heterocycles. The van der Waals surface area contributed by atoms with Gasteiger partial charge >= 0.3 is 0 Å². The Balaban J connectivity index is 2.32. The van der Waals surface area contributed by atoms with Crippen molar-refractivity contribution in [2.24, 2.45) is 0 Å². The van der Waals surface area contributed by atoms with Crippen molar-refractivity contribution >= 4 is 0 Å². The Morgan fingerprint density at radius 2 is 2.15 bits per heavy atom. The average Bonchev–Trinajstić information content (AvgIpc) is 2.19. The lowest BCUT2D eigenvalue weighted by Crippen LogP contribution is -2.49. The van der Waals surface area contributed by atoms with Crippen LogP contribution in [0.5, 0.6) is 0 Å². The van der Waals surface area contributed by atoms with Gasteiger partial charge in [0, 0.05) is 32.8 Å². The molecule has 0 saturated carbocycles. The summed E-state index contributed by atoms with van der Waals surface area (Å²) in [7, 11) is 3.73. The van der Waals surface area contributed by atoms with Gasteiger partial charge in [0.2, 0.25) is 0 Å². The fourth-order valence-corrected chi connectivity index (χ4v) is 1.66. The van der Waals surface area contributed by atoms with E-state index in [0.717, 1.165) is 39.5 Å². The summed E-state index contributed by atoms with van der Waals surface area (Å²) in [4.78, 5) is 2.42. The maximum atomic E-state index is 5.30. The van der Waals surface area contributed by atoms with Gasteiger partial charge in [0.15, 0.2) is 0 Å². The molecule has 0 radical (unpaired) electrons. The van der Waals surface area contributed by atoms with E-state index in [1.807, 2.05) is 7.05 Å². The molecule has 0 aromatic carbocycles. The van der Waals surface area contributed by atoms with Crippen LogP contribution in [0.1, 0.15) is 0 Å². The summed E-state index contributed by atoms with van der Waals surface area (Å²) in [5.74, 6) is 0. The van der Waals surface area contributed by atoms with Crippen molar-refractivity contribution in [1.82, 2.24) is 10.2 Å². The molecule has 1 fully saturated rings. The molecule has 0 amide bonds. The van der Waals surface area contributed by atoms with Gasteiger partial charge in [-0.05, 0) is 7.05 Å². The fourth-order valence-electron chi connectivity index (χ4n) is 1.66. The van der Waals surface area contributed by atoms with Crippen molar-refractivity contribution in [2.75, 3.05) is 53.6 Å². The Bertz CT molecular complexity index is 121. The van der Waals surface area contributed by atoms with Gasteiger partial charge < -0.3 is 14.8 Å². The Labute approximate surface area is 80.2 Å². The second-order valence-electron chi connectivity index (χ2n) is 3.32. The maximum Gasteiger partial charge on any atom is 0.0630 e. The predicted molar refractivity (Wildman–Crippen MR) is 52.0 cm³/mol. The number of rotatable bonds is 5. The molecule has 4 heteroatoms. The van der Waals surface area contributed by atoms with E-state index in [1.165, 1.54) is 0 Å². The third-order valence-electron chi connectivity index (χ3n) is 2.36. The van der Waals surface area contributed by atoms with E-state index in [0.29, 0.717) is 6.04 Å². The molecule has 1 aliphatic heterocycles. The number of methoxy groups -OCH3 is 1. The molecule has 1 N–H and O–H groups in total. The molecule has 0 aromatic rings. The normalized spacial score (nSPS) is 21.7. The van der Waals surface area contributed by atoms with Gasteiger partial charge in [0.05, 0.1) is 19.8 Å². The zero-order valence-corrected chi connectivity index (χ0v) is 8.58. The molecule has 4 nitrogen and oxygen atoms in total. The van der Waals surface area contributed by atoms with Crippen LogP contribution in [0.15, 0.2) is 0 Å². The van der Waals surface area contributed by atoms with E-state index < -0.39 is 0 Å². The van der Waals surface area contributed by atoms with Crippen molar-refractivity contribution in [3.05, 3.63) is 0 Å². The first-order valence-electron chi connectivity index (χ1n) is 4.83. The van der Waals surface area contributed by atoms with Gasteiger partial charge in [-0.3, -0.25) is 4.90 Å². The largest absolute Gasteiger partial charge is 0.383 e. The number of likely N-dealkylation sites (N-methyl/N-ethyl adjacent to an activating group) is 1. The summed E-state index contributed by atoms with van der Waals surface area (Å²) in [6, 6.07) is 0.485. The van der Waals surface area contributed by atoms with Crippen molar-refractivity contribution < 1.29 is 9.47 Å². The number of nitrogens with one attached hydrogen (secondary N) is 1. The maximum absolute atomic E-state index is 5.30. The second-order valence-corrected chi connectivity index (χ2v) is 3.32. The number of hydrogen-bond acceptors (Lipinski definition) is 4. The molecule has 1 aliphatic rings. The SMILES string of the molecule is CNCC(COC)N1CCOCC1. The second kappa shape index (κ2) is 6.32. The van der Waals surface area contributed by atoms with Crippen LogP contribution in [0.2, 0.25) is 0 Å². The molecule has 0 spiro atoms. The van der Waals surface area contributed by atoms with E-state index >= 15 is 0 Å². The van der Waals surface area contributed by atoms with Crippen LogP contribution < -0.4 is 5.32 Å². The minimum atomic E-state index is 0.485. The van der Waals surface area contributed by atoms with Crippen LogP contribution in [0.4, 0.5) is 0 Å². The van der Waals surface area contributed by atoms with E-state index in [-0.39, 0.29) is 0 Å². The summed E-state index contributed by atoms with van der Waals surface area (Å²) in [5, 5.41) is 3.19. The first-order chi connectivity index (χ1) is 6.38. The zero-order valence-electron chi connectivity index (χ0n) is 8.58. The number of ether oxygens (including phenoxy) is 2. The van der Waals surface area contributed by atoms with Crippen molar-refractivity contribution in [1.29, 1.82) is 0 Å². The molecule has 1 saturated heterocycles. The highest BCUT2D eigenvalue weighted by molar-refractivity contribution is 4.75. The summed E-state index contributed by atoms with van der Waals surface area (Å²) in [6.07, 6.45) is 0. The highest BCUT2D eigenvalue weighted by Gasteiger charge is 2.19. The molecule has 1 unspecified atom stereocenters. The van der Waals surface area contributed by atoms with E-state index in [2.05, 4.69) is 10.2 Å². The van der Waals surface area contributed by atoms with Crippen molar-refractivity contribution in [3.63, 3.8) is 0 Å². The van der Waals surface area contributed by atoms with Gasteiger partial charge in [0.25, 0.3) is 0 Å². The van der Waals surface area contributed by atoms with Crippen molar-refractivity contribution in [3.8, 4) is 0 Å². The Hall–Kier alpha value is -0.160. The minimum absolute atomic E-state index is 0.485. The first kappa shape index (κ1) is 10.9. The van der Waals surface area contributed by atoms with Gasteiger partial charge in [-0.2, -0.15) is 0 Å². The highest BCUT2D eigenvalue weighted by atomic mass is 16.5. The molecule has 78 valence electrons. The fraction of sp³-hybridized carbons (Fsp3) is 1.00. The quantitative estimate of drug-likeness (QED) is 0.634. The van der Waals surface area contributed by atoms with Crippen LogP contribution in [0.25, 0.3) is 0 Å². The lowest BCUT2D eigenvalue weighted by Gasteiger charge is -2.33. The summed E-state index contributed by atoms with van der Waals surface area (Å²) < 4.78 is 10.5. The topological polar surface area (TPSA) is 33.7 Å². The molecule has 1 heterocycles. The monoisotopic (exact) mass is 188 g/mol. The van der Waals surface area contributed by atoms with Crippen LogP contribution in [-0.2, 0) is 9.47 Å². The minimum Gasteiger partial charge on any atom is -0.383 e. The Morgan fingerprint density at radius 1 is 1.46 bits per heavy atom. The van der Waals surface area contributed by atoms with Crippen LogP contribution in [-0.4, -0.2) is 64.6 Å². The third kappa shape index (κ3) is 3.60. The molecule has 0 aliphatic carbocycles. The lowest BCUT2D eigenvalue weighted by molar-refractivity contribution is -0.00228. The Morgan fingerprint density at radius 3 is 2.69 bits per heavy atom. The molecule has 1 rings (SSSR count). The molecular weight excluding hydrogens is 168 g/mol. The molecule has 13 heavy (non-hydrogen) atoms. The van der Waals surface area contributed by atoms with Gasteiger partial charge in [-0.25, -0.2) is 0 Å². The number of morpholine rings is 1. The highest BCUT2D eigenvalue weighted by Crippen LogP contribution is 2.03. The van der Waals surface area contributed by atoms with Gasteiger partial charge in [-0.1, -0.05) is 0 Å². The van der Waals surface area contributed by atoms with Crippen molar-refractivity contribution in [2.45, 2.75) is 6.04 Å². The first-order valence-corrected chi connectivity index (χ1v) is 4.83. The van der Waals surface area contributed by atoms with Crippen LogP contribution >= 0.6 is 0 Å². The predicted octanol–water partition coefficient (Wildman–Crippen LogP) is -0.447. The van der Waals surface area contributed by atoms with Crippen LogP contribution in [0, 0.1) is 0 Å². The van der Waals surface area contributed by atoms with E-state index in [9.17, 15) is 0 Å². The van der Waals surface area contributed by atoms with E-state index in [1.54, 1.807) is 7.11 Å². The number of nitrogens with zero attached hydrogens (tertiary/aromatic N) is 1. The molecular formula is C9H20N2O2. The zero-order chi connectivity index (χ0) is 9.52. The molecule has 1 atom stereocenters. The molecule has 0 bridgehead atoms. The Kier molecular flexibility index (Phi) is 5.31. The standard InChI is InChI=1S/C9H20N2O2/c1-10-7-9(8-12-2)11-3-5-13-6-4-11/h9-10H,3-8H2,1-2H3. The summed E-state index contributed by atoms with van der Waals surface area (Å²) >= 11 is 0. The van der Waals surface area contributed by atoms with Gasteiger partial charge in [-0.15, -0.1) is 0 Å². The smallest absolute Gasteiger partial charge is 0.0630 e.